The van der Waals surface area contributed by atoms with Crippen LogP contribution in [-0.4, -0.2) is 40.2 Å². The van der Waals surface area contributed by atoms with Crippen molar-refractivity contribution in [1.29, 1.82) is 0 Å². The fourth-order valence-corrected chi connectivity index (χ4v) is 2.49. The number of aliphatic hydroxyl groups is 3. The molecule has 4 heteroatoms. The van der Waals surface area contributed by atoms with Crippen molar-refractivity contribution in [2.45, 2.75) is 95.8 Å². The molecule has 22 heavy (non-hydrogen) atoms. The van der Waals surface area contributed by atoms with Crippen LogP contribution in [0.15, 0.2) is 12.2 Å². The Labute approximate surface area is 136 Å². The van der Waals surface area contributed by atoms with E-state index in [1.54, 1.807) is 0 Å². The third kappa shape index (κ3) is 12.2. The van der Waals surface area contributed by atoms with Crippen LogP contribution in [0, 0.1) is 0 Å². The molecule has 132 valence electrons. The maximum atomic E-state index is 9.76. The van der Waals surface area contributed by atoms with Crippen molar-refractivity contribution < 1.29 is 21.1 Å². The maximum Gasteiger partial charge on any atom is 0.136 e. The van der Waals surface area contributed by atoms with E-state index in [2.05, 4.69) is 24.8 Å². The molecular weight excluding hydrogens is 278 g/mol. The minimum absolute atomic E-state index is 0.198. The Morgan fingerprint density at radius 1 is 0.864 bits per heavy atom. The standard InChI is InChI=1S/C18H37NO3/c1-2-3-4-5-6-7-8-9-10-11-12-13-14-17(21)18(22)16(19)15-20/h10-11,16-18,20-22H,2-9,12-15,19H2,1H3/p+1/b11-10-/t16-,17+,18-/m0/s1. The number of allylic oxidation sites excluding steroid dienone is 2. The maximum absolute atomic E-state index is 9.76. The summed E-state index contributed by atoms with van der Waals surface area (Å²) in [7, 11) is 0. The van der Waals surface area contributed by atoms with E-state index < -0.39 is 18.2 Å². The van der Waals surface area contributed by atoms with Gasteiger partial charge in [-0.3, -0.25) is 0 Å². The first-order chi connectivity index (χ1) is 10.6. The summed E-state index contributed by atoms with van der Waals surface area (Å²) in [6.45, 7) is 2.05. The fraction of sp³-hybridized carbons (Fsp3) is 0.889. The van der Waals surface area contributed by atoms with Crippen LogP contribution >= 0.6 is 0 Å². The normalized spacial score (nSPS) is 16.0. The smallest absolute Gasteiger partial charge is 0.136 e. The minimum atomic E-state index is -0.929. The average Bonchev–Trinajstić information content (AvgIpc) is 2.54. The van der Waals surface area contributed by atoms with Gasteiger partial charge in [0.2, 0.25) is 0 Å². The molecule has 0 amide bonds. The van der Waals surface area contributed by atoms with Crippen molar-refractivity contribution in [2.24, 2.45) is 0 Å². The molecule has 0 fully saturated rings. The SMILES string of the molecule is CCCCCCCCC/C=C\CCC[C@@H](O)[C@@H](O)[C@@H]([NH3+])CO. The van der Waals surface area contributed by atoms with E-state index in [4.69, 9.17) is 5.11 Å². The predicted molar refractivity (Wildman–Crippen MR) is 91.4 cm³/mol. The zero-order valence-corrected chi connectivity index (χ0v) is 14.4. The van der Waals surface area contributed by atoms with E-state index in [9.17, 15) is 10.2 Å². The minimum Gasteiger partial charge on any atom is -0.390 e. The Morgan fingerprint density at radius 3 is 2.00 bits per heavy atom. The highest BCUT2D eigenvalue weighted by Gasteiger charge is 2.24. The highest BCUT2D eigenvalue weighted by Crippen LogP contribution is 2.10. The molecule has 0 aliphatic heterocycles. The Morgan fingerprint density at radius 2 is 1.41 bits per heavy atom. The first kappa shape index (κ1) is 21.6. The van der Waals surface area contributed by atoms with Crippen molar-refractivity contribution in [3.05, 3.63) is 12.2 Å². The Kier molecular flexibility index (Phi) is 15.2. The molecule has 0 saturated heterocycles. The van der Waals surface area contributed by atoms with Crippen molar-refractivity contribution in [2.75, 3.05) is 6.61 Å². The molecule has 0 radical (unpaired) electrons. The highest BCUT2D eigenvalue weighted by atomic mass is 16.3. The average molecular weight is 317 g/mol. The predicted octanol–water partition coefficient (Wildman–Crippen LogP) is 2.18. The molecule has 3 atom stereocenters. The monoisotopic (exact) mass is 316 g/mol. The fourth-order valence-electron chi connectivity index (χ4n) is 2.49. The third-order valence-corrected chi connectivity index (χ3v) is 4.12. The molecule has 0 rings (SSSR count). The van der Waals surface area contributed by atoms with Crippen LogP contribution < -0.4 is 5.73 Å². The van der Waals surface area contributed by atoms with Gasteiger partial charge in [-0.2, -0.15) is 0 Å². The van der Waals surface area contributed by atoms with E-state index in [-0.39, 0.29) is 6.61 Å². The summed E-state index contributed by atoms with van der Waals surface area (Å²) in [6, 6.07) is -0.511. The van der Waals surface area contributed by atoms with Crippen molar-refractivity contribution in [3.63, 3.8) is 0 Å². The van der Waals surface area contributed by atoms with E-state index in [0.717, 1.165) is 19.3 Å². The van der Waals surface area contributed by atoms with Gasteiger partial charge in [-0.05, 0) is 32.1 Å². The van der Waals surface area contributed by atoms with Gasteiger partial charge in [-0.15, -0.1) is 0 Å². The summed E-state index contributed by atoms with van der Waals surface area (Å²) < 4.78 is 0. The molecule has 0 aromatic rings. The Balaban J connectivity index is 3.40. The molecule has 6 N–H and O–H groups in total. The van der Waals surface area contributed by atoms with Gasteiger partial charge in [-0.1, -0.05) is 57.6 Å². The molecule has 4 nitrogen and oxygen atoms in total. The van der Waals surface area contributed by atoms with Crippen molar-refractivity contribution in [1.82, 2.24) is 0 Å². The van der Waals surface area contributed by atoms with E-state index in [0.29, 0.717) is 6.42 Å². The van der Waals surface area contributed by atoms with Crippen LogP contribution in [0.1, 0.15) is 77.6 Å². The van der Waals surface area contributed by atoms with E-state index >= 15 is 0 Å². The first-order valence-corrected chi connectivity index (χ1v) is 9.08. The largest absolute Gasteiger partial charge is 0.390 e. The molecule has 0 unspecified atom stereocenters. The lowest BCUT2D eigenvalue weighted by Crippen LogP contribution is -2.70. The lowest BCUT2D eigenvalue weighted by atomic mass is 10.0. The summed E-state index contributed by atoms with van der Waals surface area (Å²) in [5.41, 5.74) is 3.61. The third-order valence-electron chi connectivity index (χ3n) is 4.12. The molecule has 0 heterocycles. The van der Waals surface area contributed by atoms with Gasteiger partial charge in [0.05, 0.1) is 12.7 Å². The number of unbranched alkanes of at least 4 members (excludes halogenated alkanes) is 8. The summed E-state index contributed by atoms with van der Waals surface area (Å²) in [5, 5.41) is 28.3. The van der Waals surface area contributed by atoms with Crippen LogP contribution in [0.2, 0.25) is 0 Å². The van der Waals surface area contributed by atoms with Gasteiger partial charge in [-0.25, -0.2) is 0 Å². The molecule has 0 aliphatic rings. The van der Waals surface area contributed by atoms with E-state index in [1.165, 1.54) is 44.9 Å². The van der Waals surface area contributed by atoms with Crippen molar-refractivity contribution >= 4 is 0 Å². The summed E-state index contributed by atoms with van der Waals surface area (Å²) in [6.07, 6.45) is 15.5. The van der Waals surface area contributed by atoms with Crippen LogP contribution in [0.25, 0.3) is 0 Å². The second kappa shape index (κ2) is 15.5. The van der Waals surface area contributed by atoms with Crippen LogP contribution in [0.5, 0.6) is 0 Å². The molecule has 0 aliphatic carbocycles. The molecular formula is C18H38NO3+. The number of rotatable bonds is 15. The molecule has 0 spiro atoms. The van der Waals surface area contributed by atoms with Crippen LogP contribution in [0.4, 0.5) is 0 Å². The zero-order chi connectivity index (χ0) is 16.6. The second-order valence-corrected chi connectivity index (χ2v) is 6.31. The number of hydrogen-bond donors (Lipinski definition) is 4. The first-order valence-electron chi connectivity index (χ1n) is 9.08. The quantitative estimate of drug-likeness (QED) is 0.276. The summed E-state index contributed by atoms with van der Waals surface area (Å²) >= 11 is 0. The van der Waals surface area contributed by atoms with Gasteiger partial charge in [0, 0.05) is 0 Å². The molecule has 0 saturated carbocycles. The van der Waals surface area contributed by atoms with Gasteiger partial charge in [0.15, 0.2) is 0 Å². The zero-order valence-electron chi connectivity index (χ0n) is 14.4. The van der Waals surface area contributed by atoms with Gasteiger partial charge in [0.1, 0.15) is 12.1 Å². The van der Waals surface area contributed by atoms with Gasteiger partial charge >= 0.3 is 0 Å². The Bertz CT molecular complexity index is 259. The lowest BCUT2D eigenvalue weighted by molar-refractivity contribution is -0.447. The summed E-state index contributed by atoms with van der Waals surface area (Å²) in [5.74, 6) is 0. The number of hydrogen-bond acceptors (Lipinski definition) is 3. The Hall–Kier alpha value is -0.420. The summed E-state index contributed by atoms with van der Waals surface area (Å²) in [4.78, 5) is 0. The van der Waals surface area contributed by atoms with Crippen molar-refractivity contribution in [3.8, 4) is 0 Å². The number of aliphatic hydroxyl groups excluding tert-OH is 3. The van der Waals surface area contributed by atoms with Crippen LogP contribution in [0.3, 0.4) is 0 Å². The van der Waals surface area contributed by atoms with Crippen LogP contribution in [-0.2, 0) is 0 Å². The van der Waals surface area contributed by atoms with Gasteiger partial charge in [0.25, 0.3) is 0 Å². The lowest BCUT2D eigenvalue weighted by Gasteiger charge is -2.19. The highest BCUT2D eigenvalue weighted by molar-refractivity contribution is 4.82. The second-order valence-electron chi connectivity index (χ2n) is 6.31. The molecule has 0 aromatic heterocycles. The van der Waals surface area contributed by atoms with E-state index in [1.807, 2.05) is 0 Å². The molecule has 0 bridgehead atoms. The number of quaternary nitrogens is 1. The molecule has 0 aromatic carbocycles. The van der Waals surface area contributed by atoms with Gasteiger partial charge < -0.3 is 21.1 Å². The topological polar surface area (TPSA) is 88.3 Å².